The summed E-state index contributed by atoms with van der Waals surface area (Å²) >= 11 is 0. The first-order valence-electron chi connectivity index (χ1n) is 7.58. The summed E-state index contributed by atoms with van der Waals surface area (Å²) in [6.45, 7) is 0. The molecule has 0 heterocycles. The lowest BCUT2D eigenvalue weighted by Gasteiger charge is -2.11. The SMILES string of the molecule is O=C(Nc1cc(-c2ccccc2)ccc1C(=O)O)c1ccc(O)cc1. The molecule has 0 saturated carbocycles. The van der Waals surface area contributed by atoms with Crippen molar-refractivity contribution in [2.45, 2.75) is 0 Å². The predicted octanol–water partition coefficient (Wildman–Crippen LogP) is 4.01. The molecule has 0 aromatic heterocycles. The van der Waals surface area contributed by atoms with Crippen LogP contribution >= 0.6 is 0 Å². The Morgan fingerprint density at radius 3 is 2.12 bits per heavy atom. The Hall–Kier alpha value is -3.60. The number of amides is 1. The van der Waals surface area contributed by atoms with Gasteiger partial charge in [0.05, 0.1) is 11.3 Å². The van der Waals surface area contributed by atoms with E-state index in [1.54, 1.807) is 12.1 Å². The van der Waals surface area contributed by atoms with Crippen molar-refractivity contribution >= 4 is 17.6 Å². The molecule has 1 amide bonds. The van der Waals surface area contributed by atoms with Crippen LogP contribution in [0.2, 0.25) is 0 Å². The van der Waals surface area contributed by atoms with Gasteiger partial charge in [-0.15, -0.1) is 0 Å². The Kier molecular flexibility index (Phi) is 4.48. The van der Waals surface area contributed by atoms with Gasteiger partial charge in [-0.1, -0.05) is 36.4 Å². The molecule has 5 nitrogen and oxygen atoms in total. The van der Waals surface area contributed by atoms with Gasteiger partial charge >= 0.3 is 5.97 Å². The first kappa shape index (κ1) is 16.3. The Balaban J connectivity index is 1.96. The van der Waals surface area contributed by atoms with Crippen LogP contribution in [0.25, 0.3) is 11.1 Å². The molecule has 0 spiro atoms. The molecular formula is C20H15NO4. The summed E-state index contributed by atoms with van der Waals surface area (Å²) < 4.78 is 0. The van der Waals surface area contributed by atoms with E-state index in [2.05, 4.69) is 5.32 Å². The summed E-state index contributed by atoms with van der Waals surface area (Å²) in [5.41, 5.74) is 2.25. The lowest BCUT2D eigenvalue weighted by molar-refractivity contribution is 0.0698. The number of phenols is 1. The molecule has 124 valence electrons. The Labute approximate surface area is 144 Å². The van der Waals surface area contributed by atoms with Crippen molar-refractivity contribution in [2.75, 3.05) is 5.32 Å². The van der Waals surface area contributed by atoms with E-state index in [4.69, 9.17) is 0 Å². The largest absolute Gasteiger partial charge is 0.508 e. The maximum Gasteiger partial charge on any atom is 0.337 e. The van der Waals surface area contributed by atoms with Crippen molar-refractivity contribution < 1.29 is 19.8 Å². The van der Waals surface area contributed by atoms with Crippen LogP contribution in [-0.2, 0) is 0 Å². The summed E-state index contributed by atoms with van der Waals surface area (Å²) in [4.78, 5) is 23.8. The maximum atomic E-state index is 12.4. The summed E-state index contributed by atoms with van der Waals surface area (Å²) in [6, 6.07) is 20.0. The normalized spacial score (nSPS) is 10.2. The molecule has 0 atom stereocenters. The zero-order chi connectivity index (χ0) is 17.8. The highest BCUT2D eigenvalue weighted by molar-refractivity contribution is 6.08. The number of benzene rings is 3. The zero-order valence-electron chi connectivity index (χ0n) is 13.1. The van der Waals surface area contributed by atoms with Crippen molar-refractivity contribution in [1.29, 1.82) is 0 Å². The quantitative estimate of drug-likeness (QED) is 0.673. The van der Waals surface area contributed by atoms with E-state index in [0.29, 0.717) is 5.56 Å². The van der Waals surface area contributed by atoms with Crippen LogP contribution in [0.15, 0.2) is 72.8 Å². The van der Waals surface area contributed by atoms with Crippen LogP contribution in [0.3, 0.4) is 0 Å². The summed E-state index contributed by atoms with van der Waals surface area (Å²) in [7, 11) is 0. The molecule has 3 aromatic carbocycles. The minimum Gasteiger partial charge on any atom is -0.508 e. The first-order chi connectivity index (χ1) is 12.0. The fraction of sp³-hybridized carbons (Fsp3) is 0. The second-order valence-electron chi connectivity index (χ2n) is 5.43. The molecule has 3 N–H and O–H groups in total. The number of carbonyl (C=O) groups is 2. The number of carboxylic acids is 1. The molecule has 3 rings (SSSR count). The third-order valence-corrected chi connectivity index (χ3v) is 3.73. The highest BCUT2D eigenvalue weighted by Gasteiger charge is 2.15. The van der Waals surface area contributed by atoms with Crippen LogP contribution in [0.4, 0.5) is 5.69 Å². The van der Waals surface area contributed by atoms with E-state index in [0.717, 1.165) is 11.1 Å². The predicted molar refractivity (Wildman–Crippen MR) is 94.9 cm³/mol. The fourth-order valence-corrected chi connectivity index (χ4v) is 2.45. The minimum absolute atomic E-state index is 0.00631. The van der Waals surface area contributed by atoms with Crippen molar-refractivity contribution in [3.8, 4) is 16.9 Å². The van der Waals surface area contributed by atoms with Crippen molar-refractivity contribution in [1.82, 2.24) is 0 Å². The molecule has 25 heavy (non-hydrogen) atoms. The summed E-state index contributed by atoms with van der Waals surface area (Å²) in [5.74, 6) is -1.53. The van der Waals surface area contributed by atoms with Gasteiger partial charge in [0, 0.05) is 5.56 Å². The molecular weight excluding hydrogens is 318 g/mol. The van der Waals surface area contributed by atoms with E-state index < -0.39 is 11.9 Å². The Morgan fingerprint density at radius 2 is 1.48 bits per heavy atom. The highest BCUT2D eigenvalue weighted by Crippen LogP contribution is 2.26. The van der Waals surface area contributed by atoms with Crippen molar-refractivity contribution in [3.63, 3.8) is 0 Å². The molecule has 0 radical (unpaired) electrons. The number of hydrogen-bond donors (Lipinski definition) is 3. The number of anilines is 1. The van der Waals surface area contributed by atoms with Gasteiger partial charge in [-0.05, 0) is 47.5 Å². The van der Waals surface area contributed by atoms with E-state index in [9.17, 15) is 19.8 Å². The van der Waals surface area contributed by atoms with Crippen LogP contribution < -0.4 is 5.32 Å². The lowest BCUT2D eigenvalue weighted by atomic mass is 10.0. The smallest absolute Gasteiger partial charge is 0.337 e. The molecule has 0 aliphatic rings. The van der Waals surface area contributed by atoms with Crippen LogP contribution in [-0.4, -0.2) is 22.1 Å². The van der Waals surface area contributed by atoms with Gasteiger partial charge in [0.1, 0.15) is 5.75 Å². The Morgan fingerprint density at radius 1 is 0.800 bits per heavy atom. The van der Waals surface area contributed by atoms with Crippen molar-refractivity contribution in [3.05, 3.63) is 83.9 Å². The standard InChI is InChI=1S/C20H15NO4/c22-16-9-6-14(7-10-16)19(23)21-18-12-15(8-11-17(18)20(24)25)13-4-2-1-3-5-13/h1-12,22H,(H,21,23)(H,24,25). The average molecular weight is 333 g/mol. The van der Waals surface area contributed by atoms with E-state index in [1.807, 2.05) is 30.3 Å². The molecule has 0 aliphatic heterocycles. The number of nitrogens with one attached hydrogen (secondary N) is 1. The average Bonchev–Trinajstić information content (AvgIpc) is 2.62. The van der Waals surface area contributed by atoms with Crippen molar-refractivity contribution in [2.24, 2.45) is 0 Å². The highest BCUT2D eigenvalue weighted by atomic mass is 16.4. The van der Waals surface area contributed by atoms with Crippen LogP contribution in [0.1, 0.15) is 20.7 Å². The number of phenolic OH excluding ortho intramolecular Hbond substituents is 1. The van der Waals surface area contributed by atoms with E-state index in [-0.39, 0.29) is 17.0 Å². The number of carbonyl (C=O) groups excluding carboxylic acids is 1. The number of aromatic carboxylic acids is 1. The van der Waals surface area contributed by atoms with Gasteiger partial charge in [0.2, 0.25) is 0 Å². The second-order valence-corrected chi connectivity index (χ2v) is 5.43. The minimum atomic E-state index is -1.12. The molecule has 0 aliphatic carbocycles. The van der Waals surface area contributed by atoms with Gasteiger partial charge in [-0.25, -0.2) is 4.79 Å². The molecule has 0 bridgehead atoms. The first-order valence-corrected chi connectivity index (χ1v) is 7.58. The number of aromatic hydroxyl groups is 1. The molecule has 0 unspecified atom stereocenters. The summed E-state index contributed by atoms with van der Waals surface area (Å²) in [5, 5.41) is 21.3. The number of carboxylic acid groups (broad SMARTS) is 1. The molecule has 5 heteroatoms. The fourth-order valence-electron chi connectivity index (χ4n) is 2.45. The number of rotatable bonds is 4. The monoisotopic (exact) mass is 333 g/mol. The lowest BCUT2D eigenvalue weighted by Crippen LogP contribution is -2.14. The summed E-state index contributed by atoms with van der Waals surface area (Å²) in [6.07, 6.45) is 0. The third kappa shape index (κ3) is 3.67. The molecule has 0 saturated heterocycles. The van der Waals surface area contributed by atoms with Crippen LogP contribution in [0, 0.1) is 0 Å². The topological polar surface area (TPSA) is 86.6 Å². The number of hydrogen-bond acceptors (Lipinski definition) is 3. The van der Waals surface area contributed by atoms with E-state index >= 15 is 0 Å². The maximum absolute atomic E-state index is 12.4. The second kappa shape index (κ2) is 6.88. The Bertz CT molecular complexity index is 918. The zero-order valence-corrected chi connectivity index (χ0v) is 13.1. The van der Waals surface area contributed by atoms with Gasteiger partial charge in [0.25, 0.3) is 5.91 Å². The van der Waals surface area contributed by atoms with Gasteiger partial charge in [0.15, 0.2) is 0 Å². The van der Waals surface area contributed by atoms with Crippen LogP contribution in [0.5, 0.6) is 5.75 Å². The van der Waals surface area contributed by atoms with Gasteiger partial charge < -0.3 is 15.5 Å². The van der Waals surface area contributed by atoms with Gasteiger partial charge in [-0.2, -0.15) is 0 Å². The van der Waals surface area contributed by atoms with Gasteiger partial charge in [-0.3, -0.25) is 4.79 Å². The van der Waals surface area contributed by atoms with E-state index in [1.165, 1.54) is 30.3 Å². The molecule has 0 fully saturated rings. The third-order valence-electron chi connectivity index (χ3n) is 3.73. The molecule has 3 aromatic rings.